The van der Waals surface area contributed by atoms with Crippen LogP contribution in [-0.2, 0) is 0 Å². The van der Waals surface area contributed by atoms with Gasteiger partial charge in [-0.2, -0.15) is 5.10 Å². The van der Waals surface area contributed by atoms with E-state index in [0.717, 1.165) is 5.56 Å². The van der Waals surface area contributed by atoms with Crippen molar-refractivity contribution in [3.05, 3.63) is 35.2 Å². The number of nitrogens with zero attached hydrogens (tertiary/aromatic N) is 2. The van der Waals surface area contributed by atoms with Gasteiger partial charge in [0.1, 0.15) is 5.82 Å². The maximum atomic E-state index is 5.50. The van der Waals surface area contributed by atoms with E-state index in [4.69, 9.17) is 5.73 Å². The fourth-order valence-corrected chi connectivity index (χ4v) is 2.24. The lowest BCUT2D eigenvalue weighted by Crippen LogP contribution is -1.91. The number of nitrogens with one attached hydrogen (secondary N) is 1. The van der Waals surface area contributed by atoms with Crippen molar-refractivity contribution in [3.8, 4) is 0 Å². The Morgan fingerprint density at radius 3 is 3.12 bits per heavy atom. The van der Waals surface area contributed by atoms with Gasteiger partial charge < -0.3 is 5.73 Å². The molecule has 0 amide bonds. The topological polar surface area (TPSA) is 63.3 Å². The minimum absolute atomic E-state index is 0.511. The lowest BCUT2D eigenvalue weighted by molar-refractivity contribution is 1.29. The number of aromatic nitrogens is 1. The van der Waals surface area contributed by atoms with E-state index in [-0.39, 0.29) is 0 Å². The van der Waals surface area contributed by atoms with Gasteiger partial charge >= 0.3 is 0 Å². The molecule has 1 heterocycles. The zero-order valence-corrected chi connectivity index (χ0v) is 10.9. The third-order valence-electron chi connectivity index (χ3n) is 1.99. The molecule has 1 aromatic carbocycles. The summed E-state index contributed by atoms with van der Waals surface area (Å²) >= 11 is 3.13. The first-order valence-electron chi connectivity index (χ1n) is 4.92. The molecule has 0 aliphatic heterocycles. The highest BCUT2D eigenvalue weighted by atomic mass is 32.2. The average molecular weight is 264 g/mol. The predicted octanol–water partition coefficient (Wildman–Crippen LogP) is 2.89. The summed E-state index contributed by atoms with van der Waals surface area (Å²) < 4.78 is 0. The van der Waals surface area contributed by atoms with Crippen LogP contribution in [0.4, 0.5) is 10.9 Å². The minimum atomic E-state index is 0.511. The first kappa shape index (κ1) is 11.9. The number of rotatable bonds is 4. The molecule has 0 unspecified atom stereocenters. The number of anilines is 2. The van der Waals surface area contributed by atoms with Crippen LogP contribution in [-0.4, -0.2) is 17.5 Å². The van der Waals surface area contributed by atoms with Crippen LogP contribution in [0, 0.1) is 0 Å². The molecule has 0 aliphatic rings. The second-order valence-corrected chi connectivity index (χ2v) is 4.96. The fourth-order valence-electron chi connectivity index (χ4n) is 1.22. The summed E-state index contributed by atoms with van der Waals surface area (Å²) in [6.07, 6.45) is 3.81. The van der Waals surface area contributed by atoms with Crippen LogP contribution < -0.4 is 11.2 Å². The van der Waals surface area contributed by atoms with Gasteiger partial charge in [-0.15, -0.1) is 23.1 Å². The molecule has 2 aromatic rings. The van der Waals surface area contributed by atoms with Gasteiger partial charge in [0.15, 0.2) is 0 Å². The van der Waals surface area contributed by atoms with Crippen LogP contribution in [0.25, 0.3) is 0 Å². The van der Waals surface area contributed by atoms with Gasteiger partial charge in [0.05, 0.1) is 6.21 Å². The summed E-state index contributed by atoms with van der Waals surface area (Å²) in [6, 6.07) is 8.15. The smallest absolute Gasteiger partial charge is 0.205 e. The molecule has 17 heavy (non-hydrogen) atoms. The highest BCUT2D eigenvalue weighted by molar-refractivity contribution is 7.98. The van der Waals surface area contributed by atoms with Crippen molar-refractivity contribution >= 4 is 40.3 Å². The van der Waals surface area contributed by atoms with Crippen molar-refractivity contribution in [1.29, 1.82) is 0 Å². The monoisotopic (exact) mass is 264 g/mol. The Labute approximate surface area is 108 Å². The third kappa shape index (κ3) is 3.47. The van der Waals surface area contributed by atoms with Gasteiger partial charge in [-0.3, -0.25) is 5.43 Å². The van der Waals surface area contributed by atoms with Gasteiger partial charge in [0, 0.05) is 10.3 Å². The van der Waals surface area contributed by atoms with E-state index in [1.54, 1.807) is 23.4 Å². The van der Waals surface area contributed by atoms with E-state index in [1.165, 1.54) is 16.2 Å². The summed E-state index contributed by atoms with van der Waals surface area (Å²) in [6.45, 7) is 0. The molecule has 0 fully saturated rings. The van der Waals surface area contributed by atoms with Gasteiger partial charge in [-0.1, -0.05) is 12.1 Å². The van der Waals surface area contributed by atoms with Crippen LogP contribution in [0.1, 0.15) is 5.56 Å². The number of thiazole rings is 1. The molecule has 88 valence electrons. The maximum Gasteiger partial charge on any atom is 0.205 e. The van der Waals surface area contributed by atoms with Crippen molar-refractivity contribution in [3.63, 3.8) is 0 Å². The molecular formula is C11H12N4S2. The molecule has 0 bridgehead atoms. The van der Waals surface area contributed by atoms with Gasteiger partial charge in [0.25, 0.3) is 0 Å². The molecule has 0 spiro atoms. The van der Waals surface area contributed by atoms with E-state index in [9.17, 15) is 0 Å². The summed E-state index contributed by atoms with van der Waals surface area (Å²) in [5, 5.41) is 6.57. The van der Waals surface area contributed by atoms with E-state index < -0.39 is 0 Å². The first-order valence-corrected chi connectivity index (χ1v) is 7.02. The molecule has 0 aliphatic carbocycles. The molecule has 0 saturated heterocycles. The fraction of sp³-hybridized carbons (Fsp3) is 0.0909. The summed E-state index contributed by atoms with van der Waals surface area (Å²) in [7, 11) is 0. The normalized spacial score (nSPS) is 10.9. The van der Waals surface area contributed by atoms with E-state index in [1.807, 2.05) is 18.4 Å². The third-order valence-corrected chi connectivity index (χ3v) is 3.48. The number of hydrogen-bond donors (Lipinski definition) is 2. The zero-order valence-electron chi connectivity index (χ0n) is 9.25. The SMILES string of the molecule is CSc1cccc(C=NNc2nc(N)cs2)c1. The molecule has 0 saturated carbocycles. The summed E-state index contributed by atoms with van der Waals surface area (Å²) in [5.74, 6) is 0.511. The minimum Gasteiger partial charge on any atom is -0.383 e. The first-order chi connectivity index (χ1) is 8.28. The van der Waals surface area contributed by atoms with Gasteiger partial charge in [-0.25, -0.2) is 4.98 Å². The van der Waals surface area contributed by atoms with E-state index in [0.29, 0.717) is 10.9 Å². The molecular weight excluding hydrogens is 252 g/mol. The van der Waals surface area contributed by atoms with Crippen molar-refractivity contribution in [2.45, 2.75) is 4.90 Å². The summed E-state index contributed by atoms with van der Waals surface area (Å²) in [5.41, 5.74) is 9.40. The van der Waals surface area contributed by atoms with Crippen LogP contribution in [0.15, 0.2) is 39.6 Å². The Morgan fingerprint density at radius 1 is 1.53 bits per heavy atom. The van der Waals surface area contributed by atoms with Crippen molar-refractivity contribution in [2.75, 3.05) is 17.4 Å². The number of thioether (sulfide) groups is 1. The largest absolute Gasteiger partial charge is 0.383 e. The maximum absolute atomic E-state index is 5.50. The van der Waals surface area contributed by atoms with Crippen molar-refractivity contribution in [1.82, 2.24) is 4.98 Å². The Hall–Kier alpha value is -1.53. The lowest BCUT2D eigenvalue weighted by Gasteiger charge is -1.97. The molecule has 0 radical (unpaired) electrons. The van der Waals surface area contributed by atoms with Crippen molar-refractivity contribution in [2.24, 2.45) is 5.10 Å². The second kappa shape index (κ2) is 5.70. The quantitative estimate of drug-likeness (QED) is 0.506. The number of nitrogens with two attached hydrogens (primary N) is 1. The zero-order chi connectivity index (χ0) is 12.1. The molecule has 1 aromatic heterocycles. The molecule has 6 heteroatoms. The Bertz CT molecular complexity index is 522. The average Bonchev–Trinajstić information content (AvgIpc) is 2.75. The number of hydrazone groups is 1. The van der Waals surface area contributed by atoms with E-state index in [2.05, 4.69) is 27.6 Å². The molecule has 4 nitrogen and oxygen atoms in total. The lowest BCUT2D eigenvalue weighted by atomic mass is 10.2. The molecule has 2 rings (SSSR count). The van der Waals surface area contributed by atoms with Crippen LogP contribution in [0.5, 0.6) is 0 Å². The Morgan fingerprint density at radius 2 is 2.41 bits per heavy atom. The second-order valence-electron chi connectivity index (χ2n) is 3.22. The molecule has 3 N–H and O–H groups in total. The Balaban J connectivity index is 2.00. The summed E-state index contributed by atoms with van der Waals surface area (Å²) in [4.78, 5) is 5.26. The standard InChI is InChI=1S/C11H12N4S2/c1-16-9-4-2-3-8(5-9)6-13-15-11-14-10(12)7-17-11/h2-7H,12H2,1H3,(H,14,15). The van der Waals surface area contributed by atoms with Crippen molar-refractivity contribution < 1.29 is 0 Å². The highest BCUT2D eigenvalue weighted by Gasteiger charge is 1.95. The van der Waals surface area contributed by atoms with Crippen LogP contribution in [0.2, 0.25) is 0 Å². The van der Waals surface area contributed by atoms with Gasteiger partial charge in [0.2, 0.25) is 5.13 Å². The number of benzene rings is 1. The molecule has 0 atom stereocenters. The highest BCUT2D eigenvalue weighted by Crippen LogP contribution is 2.17. The van der Waals surface area contributed by atoms with E-state index >= 15 is 0 Å². The number of hydrogen-bond acceptors (Lipinski definition) is 6. The number of nitrogen functional groups attached to an aromatic ring is 1. The van der Waals surface area contributed by atoms with Crippen LogP contribution >= 0.6 is 23.1 Å². The Kier molecular flexibility index (Phi) is 4.00. The van der Waals surface area contributed by atoms with Gasteiger partial charge in [-0.05, 0) is 24.0 Å². The van der Waals surface area contributed by atoms with Crippen LogP contribution in [0.3, 0.4) is 0 Å². The predicted molar refractivity (Wildman–Crippen MR) is 76.0 cm³/mol.